The molecule has 3 atom stereocenters. The number of H-pyrrole nitrogens is 1. The highest BCUT2D eigenvalue weighted by Gasteiger charge is 2.39. The highest BCUT2D eigenvalue weighted by Crippen LogP contribution is 2.33. The third-order valence-electron chi connectivity index (χ3n) is 6.38. The third-order valence-corrected chi connectivity index (χ3v) is 8.83. The van der Waals surface area contributed by atoms with E-state index < -0.39 is 40.1 Å². The standard InChI is InChI=1S/C23H23BrN4O6S/c24-13-5-6-16-15(10-13)21(20(26-16)22(25)30)35(32,33)28-7-8-34-18(11-28)23(31)27-19-14-4-2-1-3-12(14)9-17(19)29/h1-6,10,17-19,26,29H,7-9,11H2,(H2,25,30)(H,27,31). The van der Waals surface area contributed by atoms with Crippen molar-refractivity contribution in [1.82, 2.24) is 14.6 Å². The Morgan fingerprint density at radius 2 is 2.00 bits per heavy atom. The predicted molar refractivity (Wildman–Crippen MR) is 130 cm³/mol. The highest BCUT2D eigenvalue weighted by atomic mass is 79.9. The van der Waals surface area contributed by atoms with E-state index in [1.807, 2.05) is 24.3 Å². The number of nitrogens with two attached hydrogens (primary N) is 1. The number of aromatic amines is 1. The summed E-state index contributed by atoms with van der Waals surface area (Å²) in [4.78, 5) is 27.7. The first-order valence-corrected chi connectivity index (χ1v) is 13.2. The molecular formula is C23H23BrN4O6S. The van der Waals surface area contributed by atoms with E-state index in [1.54, 1.807) is 18.2 Å². The summed E-state index contributed by atoms with van der Waals surface area (Å²) >= 11 is 3.33. The maximum absolute atomic E-state index is 13.7. The summed E-state index contributed by atoms with van der Waals surface area (Å²) < 4.78 is 34.7. The highest BCUT2D eigenvalue weighted by molar-refractivity contribution is 9.10. The average Bonchev–Trinajstić information content (AvgIpc) is 3.37. The molecule has 12 heteroatoms. The summed E-state index contributed by atoms with van der Waals surface area (Å²) in [7, 11) is -4.22. The average molecular weight is 563 g/mol. The van der Waals surface area contributed by atoms with Crippen molar-refractivity contribution in [3.8, 4) is 0 Å². The molecule has 3 aromatic rings. The summed E-state index contributed by atoms with van der Waals surface area (Å²) in [5.41, 5.74) is 7.47. The number of aliphatic hydroxyl groups excluding tert-OH is 1. The predicted octanol–water partition coefficient (Wildman–Crippen LogP) is 1.19. The smallest absolute Gasteiger partial charge is 0.266 e. The SMILES string of the molecule is NC(=O)c1[nH]c2ccc(Br)cc2c1S(=O)(=O)N1CCOC(C(=O)NC2c3ccccc3CC2O)C1. The number of sulfonamides is 1. The Morgan fingerprint density at radius 3 is 2.77 bits per heavy atom. The number of nitrogens with zero attached hydrogens (tertiary/aromatic N) is 1. The molecule has 2 heterocycles. The monoisotopic (exact) mass is 562 g/mol. The molecule has 2 aromatic carbocycles. The molecule has 5 N–H and O–H groups in total. The second kappa shape index (κ2) is 9.03. The van der Waals surface area contributed by atoms with Crippen LogP contribution >= 0.6 is 15.9 Å². The minimum atomic E-state index is -4.22. The largest absolute Gasteiger partial charge is 0.390 e. The number of hydrogen-bond acceptors (Lipinski definition) is 6. The van der Waals surface area contributed by atoms with Gasteiger partial charge in [-0.05, 0) is 29.3 Å². The van der Waals surface area contributed by atoms with Crippen molar-refractivity contribution in [1.29, 1.82) is 0 Å². The topological polar surface area (TPSA) is 155 Å². The van der Waals surface area contributed by atoms with Gasteiger partial charge in [0.05, 0.1) is 18.8 Å². The zero-order chi connectivity index (χ0) is 24.9. The molecule has 1 saturated heterocycles. The van der Waals surface area contributed by atoms with Crippen molar-refractivity contribution < 1.29 is 27.9 Å². The lowest BCUT2D eigenvalue weighted by Crippen LogP contribution is -2.52. The van der Waals surface area contributed by atoms with Crippen LogP contribution in [0.4, 0.5) is 0 Å². The molecule has 35 heavy (non-hydrogen) atoms. The zero-order valence-electron chi connectivity index (χ0n) is 18.4. The molecule has 1 fully saturated rings. The number of aliphatic hydroxyl groups is 1. The van der Waals surface area contributed by atoms with Gasteiger partial charge in [0.25, 0.3) is 11.8 Å². The Morgan fingerprint density at radius 1 is 1.23 bits per heavy atom. The van der Waals surface area contributed by atoms with Gasteiger partial charge in [0.1, 0.15) is 16.7 Å². The van der Waals surface area contributed by atoms with Crippen LogP contribution < -0.4 is 11.1 Å². The Bertz CT molecular complexity index is 1440. The summed E-state index contributed by atoms with van der Waals surface area (Å²) in [5, 5.41) is 13.6. The van der Waals surface area contributed by atoms with Crippen LogP contribution in [0.1, 0.15) is 27.7 Å². The summed E-state index contributed by atoms with van der Waals surface area (Å²) in [6, 6.07) is 11.8. The molecule has 0 saturated carbocycles. The summed E-state index contributed by atoms with van der Waals surface area (Å²) in [6.45, 7) is -0.267. The van der Waals surface area contributed by atoms with Gasteiger partial charge in [-0.3, -0.25) is 9.59 Å². The number of nitrogens with one attached hydrogen (secondary N) is 2. The maximum atomic E-state index is 13.7. The first-order valence-electron chi connectivity index (χ1n) is 11.0. The number of aromatic nitrogens is 1. The number of hydrogen-bond donors (Lipinski definition) is 4. The van der Waals surface area contributed by atoms with Gasteiger partial charge in [-0.1, -0.05) is 40.2 Å². The summed E-state index contributed by atoms with van der Waals surface area (Å²) in [6.07, 6.45) is -1.46. The molecule has 2 amide bonds. The van der Waals surface area contributed by atoms with Crippen LogP contribution in [0, 0.1) is 0 Å². The number of primary amides is 1. The molecule has 2 aliphatic rings. The quantitative estimate of drug-likeness (QED) is 0.366. The van der Waals surface area contributed by atoms with E-state index in [9.17, 15) is 23.1 Å². The minimum absolute atomic E-state index is 0.000120. The number of amides is 2. The van der Waals surface area contributed by atoms with Gasteiger partial charge in [0, 0.05) is 34.9 Å². The van der Waals surface area contributed by atoms with Crippen LogP contribution in [-0.4, -0.2) is 66.5 Å². The van der Waals surface area contributed by atoms with Crippen molar-refractivity contribution in [2.45, 2.75) is 29.6 Å². The molecule has 1 aromatic heterocycles. The second-order valence-corrected chi connectivity index (χ2v) is 11.4. The number of carbonyl (C=O) groups excluding carboxylic acids is 2. The van der Waals surface area contributed by atoms with E-state index in [1.165, 1.54) is 0 Å². The van der Waals surface area contributed by atoms with E-state index in [0.717, 1.165) is 15.4 Å². The molecule has 1 aliphatic carbocycles. The first-order chi connectivity index (χ1) is 16.7. The van der Waals surface area contributed by atoms with Crippen LogP contribution in [0.25, 0.3) is 10.9 Å². The maximum Gasteiger partial charge on any atom is 0.266 e. The van der Waals surface area contributed by atoms with Crippen molar-refractivity contribution in [2.24, 2.45) is 5.73 Å². The Kier molecular flexibility index (Phi) is 6.18. The fourth-order valence-electron chi connectivity index (χ4n) is 4.71. The van der Waals surface area contributed by atoms with Gasteiger partial charge in [0.15, 0.2) is 0 Å². The van der Waals surface area contributed by atoms with Crippen molar-refractivity contribution in [2.75, 3.05) is 19.7 Å². The minimum Gasteiger partial charge on any atom is -0.390 e. The number of halogens is 1. The van der Waals surface area contributed by atoms with Gasteiger partial charge in [-0.2, -0.15) is 4.31 Å². The van der Waals surface area contributed by atoms with Gasteiger partial charge < -0.3 is 25.9 Å². The number of ether oxygens (including phenoxy) is 1. The van der Waals surface area contributed by atoms with Crippen molar-refractivity contribution in [3.05, 3.63) is 63.8 Å². The summed E-state index contributed by atoms with van der Waals surface area (Å²) in [5.74, 6) is -1.44. The van der Waals surface area contributed by atoms with Gasteiger partial charge >= 0.3 is 0 Å². The molecule has 184 valence electrons. The third kappa shape index (κ3) is 4.25. The fourth-order valence-corrected chi connectivity index (χ4v) is 6.83. The van der Waals surface area contributed by atoms with Gasteiger partial charge in [-0.25, -0.2) is 8.42 Å². The van der Waals surface area contributed by atoms with Crippen molar-refractivity contribution in [3.63, 3.8) is 0 Å². The molecule has 1 aliphatic heterocycles. The zero-order valence-corrected chi connectivity index (χ0v) is 20.8. The van der Waals surface area contributed by atoms with Gasteiger partial charge in [0.2, 0.25) is 10.0 Å². The van der Waals surface area contributed by atoms with Crippen LogP contribution in [-0.2, 0) is 26.0 Å². The Hall–Kier alpha value is -2.77. The normalized spacial score (nSPS) is 22.7. The van der Waals surface area contributed by atoms with E-state index in [4.69, 9.17) is 10.5 Å². The number of carbonyl (C=O) groups is 2. The number of fused-ring (bicyclic) bond motifs is 2. The molecule has 10 nitrogen and oxygen atoms in total. The number of morpholine rings is 1. The van der Waals surface area contributed by atoms with Crippen LogP contribution in [0.5, 0.6) is 0 Å². The molecule has 3 unspecified atom stereocenters. The van der Waals surface area contributed by atoms with Gasteiger partial charge in [-0.15, -0.1) is 0 Å². The van der Waals surface area contributed by atoms with E-state index in [0.29, 0.717) is 21.8 Å². The molecular weight excluding hydrogens is 540 g/mol. The lowest BCUT2D eigenvalue weighted by molar-refractivity contribution is -0.137. The molecule has 0 spiro atoms. The van der Waals surface area contributed by atoms with Crippen molar-refractivity contribution >= 4 is 48.7 Å². The fraction of sp³-hybridized carbons (Fsp3) is 0.304. The van der Waals surface area contributed by atoms with E-state index >= 15 is 0 Å². The molecule has 0 bridgehead atoms. The number of rotatable bonds is 5. The van der Waals surface area contributed by atoms with Crippen LogP contribution in [0.3, 0.4) is 0 Å². The first kappa shape index (κ1) is 23.9. The lowest BCUT2D eigenvalue weighted by Gasteiger charge is -2.32. The van der Waals surface area contributed by atoms with Crippen LogP contribution in [0.15, 0.2) is 51.8 Å². The van der Waals surface area contributed by atoms with Crippen LogP contribution in [0.2, 0.25) is 0 Å². The van der Waals surface area contributed by atoms with E-state index in [-0.39, 0.29) is 30.3 Å². The Balaban J connectivity index is 1.41. The van der Waals surface area contributed by atoms with E-state index in [2.05, 4.69) is 26.2 Å². The second-order valence-electron chi connectivity index (χ2n) is 8.56. The Labute approximate surface area is 209 Å². The lowest BCUT2D eigenvalue weighted by atomic mass is 10.1. The molecule has 0 radical (unpaired) electrons. The number of benzene rings is 2. The molecule has 5 rings (SSSR count).